The van der Waals surface area contributed by atoms with Gasteiger partial charge in [-0.3, -0.25) is 0 Å². The molecule has 1 aromatic heterocycles. The number of hydrogen-bond acceptors (Lipinski definition) is 3. The van der Waals surface area contributed by atoms with Crippen LogP contribution in [-0.4, -0.2) is 22.7 Å². The maximum atomic E-state index is 11.6. The molecule has 0 saturated heterocycles. The van der Waals surface area contributed by atoms with E-state index >= 15 is 0 Å². The number of carbonyl (C=O) groups excluding carboxylic acids is 1. The fourth-order valence-electron chi connectivity index (χ4n) is 1.93. The average molecular weight is 223 g/mol. The van der Waals surface area contributed by atoms with Crippen molar-refractivity contribution in [1.82, 2.24) is 4.57 Å². The molecule has 0 fully saturated rings. The molecule has 0 spiro atoms. The van der Waals surface area contributed by atoms with E-state index in [2.05, 4.69) is 4.57 Å². The van der Waals surface area contributed by atoms with E-state index in [9.17, 15) is 4.79 Å². The molecule has 1 aliphatic heterocycles. The molecule has 0 N–H and O–H groups in total. The molecule has 0 saturated carbocycles. The third-order valence-corrected chi connectivity index (χ3v) is 2.72. The number of nitrogens with zero attached hydrogens (tertiary/aromatic N) is 1. The maximum Gasteiger partial charge on any atom is 0.340 e. The van der Waals surface area contributed by atoms with Crippen LogP contribution >= 0.6 is 0 Å². The lowest BCUT2D eigenvalue weighted by molar-refractivity contribution is -0.0629. The van der Waals surface area contributed by atoms with Crippen LogP contribution in [0.3, 0.4) is 0 Å². The van der Waals surface area contributed by atoms with Gasteiger partial charge in [-0.2, -0.15) is 0 Å². The zero-order valence-electron chi connectivity index (χ0n) is 9.95. The second-order valence-electron chi connectivity index (χ2n) is 4.57. The quantitative estimate of drug-likeness (QED) is 0.720. The minimum atomic E-state index is -0.264. The standard InChI is InChI=1S/C12H17NO3/c1-4-15-11(14)9-5-6-13-8-12(2,3)16-7-10(9)13/h5-6H,4,7-8H2,1-3H3. The zero-order valence-corrected chi connectivity index (χ0v) is 9.95. The van der Waals surface area contributed by atoms with Gasteiger partial charge < -0.3 is 14.0 Å². The SMILES string of the molecule is CCOC(=O)c1ccn2c1COC(C)(C)C2. The van der Waals surface area contributed by atoms with E-state index in [1.54, 1.807) is 13.0 Å². The Kier molecular flexibility index (Phi) is 2.76. The molecule has 0 aromatic carbocycles. The summed E-state index contributed by atoms with van der Waals surface area (Å²) < 4.78 is 12.8. The van der Waals surface area contributed by atoms with E-state index in [4.69, 9.17) is 9.47 Å². The fourth-order valence-corrected chi connectivity index (χ4v) is 1.93. The predicted molar refractivity (Wildman–Crippen MR) is 59.3 cm³/mol. The number of fused-ring (bicyclic) bond motifs is 1. The lowest BCUT2D eigenvalue weighted by atomic mass is 10.1. The van der Waals surface area contributed by atoms with Crippen molar-refractivity contribution in [2.75, 3.05) is 6.61 Å². The molecule has 2 rings (SSSR count). The Bertz CT molecular complexity index is 406. The lowest BCUT2D eigenvalue weighted by Crippen LogP contribution is -2.35. The second kappa shape index (κ2) is 3.94. The first-order chi connectivity index (χ1) is 7.53. The van der Waals surface area contributed by atoms with Crippen molar-refractivity contribution in [1.29, 1.82) is 0 Å². The normalized spacial score (nSPS) is 17.9. The maximum absolute atomic E-state index is 11.6. The molecule has 4 nitrogen and oxygen atoms in total. The predicted octanol–water partition coefficient (Wildman–Crippen LogP) is 1.97. The molecule has 0 aliphatic carbocycles. The van der Waals surface area contributed by atoms with Crippen molar-refractivity contribution in [3.05, 3.63) is 23.5 Å². The summed E-state index contributed by atoms with van der Waals surface area (Å²) in [6.07, 6.45) is 1.92. The number of hydrogen-bond donors (Lipinski definition) is 0. The van der Waals surface area contributed by atoms with Gasteiger partial charge in [0.05, 0.1) is 36.6 Å². The number of carbonyl (C=O) groups is 1. The lowest BCUT2D eigenvalue weighted by Gasteiger charge is -2.32. The van der Waals surface area contributed by atoms with Gasteiger partial charge in [-0.1, -0.05) is 0 Å². The summed E-state index contributed by atoms with van der Waals surface area (Å²) >= 11 is 0. The van der Waals surface area contributed by atoms with E-state index in [-0.39, 0.29) is 11.6 Å². The van der Waals surface area contributed by atoms with Crippen LogP contribution in [0.25, 0.3) is 0 Å². The molecule has 0 atom stereocenters. The summed E-state index contributed by atoms with van der Waals surface area (Å²) in [5.41, 5.74) is 1.37. The Hall–Kier alpha value is -1.29. The molecule has 88 valence electrons. The van der Waals surface area contributed by atoms with Gasteiger partial charge in [-0.05, 0) is 26.8 Å². The third-order valence-electron chi connectivity index (χ3n) is 2.72. The van der Waals surface area contributed by atoms with Crippen molar-refractivity contribution in [3.63, 3.8) is 0 Å². The summed E-state index contributed by atoms with van der Waals surface area (Å²) in [4.78, 5) is 11.6. The molecule has 4 heteroatoms. The van der Waals surface area contributed by atoms with E-state index in [0.29, 0.717) is 18.8 Å². The van der Waals surface area contributed by atoms with Crippen LogP contribution in [0.2, 0.25) is 0 Å². The van der Waals surface area contributed by atoms with E-state index < -0.39 is 0 Å². The first kappa shape index (κ1) is 11.2. The van der Waals surface area contributed by atoms with Gasteiger partial charge in [0.1, 0.15) is 0 Å². The van der Waals surface area contributed by atoms with Crippen LogP contribution in [0.15, 0.2) is 12.3 Å². The van der Waals surface area contributed by atoms with Crippen molar-refractivity contribution < 1.29 is 14.3 Å². The van der Waals surface area contributed by atoms with Crippen molar-refractivity contribution in [2.45, 2.75) is 39.5 Å². The second-order valence-corrected chi connectivity index (χ2v) is 4.57. The Balaban J connectivity index is 2.26. The van der Waals surface area contributed by atoms with Gasteiger partial charge in [-0.25, -0.2) is 4.79 Å². The molecular weight excluding hydrogens is 206 g/mol. The van der Waals surface area contributed by atoms with Crippen molar-refractivity contribution in [3.8, 4) is 0 Å². The smallest absolute Gasteiger partial charge is 0.340 e. The van der Waals surface area contributed by atoms with Gasteiger partial charge in [0.15, 0.2) is 0 Å². The number of esters is 1. The molecular formula is C12H17NO3. The van der Waals surface area contributed by atoms with Crippen LogP contribution in [0.4, 0.5) is 0 Å². The summed E-state index contributed by atoms with van der Waals surface area (Å²) in [6, 6.07) is 1.80. The molecule has 0 unspecified atom stereocenters. The van der Waals surface area contributed by atoms with Gasteiger partial charge in [0, 0.05) is 6.20 Å². The molecule has 0 radical (unpaired) electrons. The monoisotopic (exact) mass is 223 g/mol. The highest BCUT2D eigenvalue weighted by Gasteiger charge is 2.29. The molecule has 0 amide bonds. The van der Waals surface area contributed by atoms with Crippen molar-refractivity contribution >= 4 is 5.97 Å². The third kappa shape index (κ3) is 1.97. The minimum absolute atomic E-state index is 0.169. The summed E-state index contributed by atoms with van der Waals surface area (Å²) in [5, 5.41) is 0. The Morgan fingerprint density at radius 1 is 1.62 bits per heavy atom. The fraction of sp³-hybridized carbons (Fsp3) is 0.583. The summed E-state index contributed by atoms with van der Waals surface area (Å²) in [5.74, 6) is -0.264. The molecule has 1 aromatic rings. The highest BCUT2D eigenvalue weighted by Crippen LogP contribution is 2.25. The number of aromatic nitrogens is 1. The molecule has 0 bridgehead atoms. The minimum Gasteiger partial charge on any atom is -0.462 e. The van der Waals surface area contributed by atoms with Gasteiger partial charge in [0.2, 0.25) is 0 Å². The first-order valence-electron chi connectivity index (χ1n) is 5.52. The number of rotatable bonds is 2. The van der Waals surface area contributed by atoms with Gasteiger partial charge >= 0.3 is 5.97 Å². The molecule has 2 heterocycles. The summed E-state index contributed by atoms with van der Waals surface area (Å²) in [6.45, 7) is 7.52. The van der Waals surface area contributed by atoms with E-state index in [1.807, 2.05) is 20.0 Å². The summed E-state index contributed by atoms with van der Waals surface area (Å²) in [7, 11) is 0. The Morgan fingerprint density at radius 3 is 3.06 bits per heavy atom. The highest BCUT2D eigenvalue weighted by atomic mass is 16.5. The highest BCUT2D eigenvalue weighted by molar-refractivity contribution is 5.90. The van der Waals surface area contributed by atoms with Crippen LogP contribution in [0.5, 0.6) is 0 Å². The average Bonchev–Trinajstić information content (AvgIpc) is 2.59. The Labute approximate surface area is 95.2 Å². The number of ether oxygens (including phenoxy) is 2. The largest absolute Gasteiger partial charge is 0.462 e. The molecule has 16 heavy (non-hydrogen) atoms. The van der Waals surface area contributed by atoms with Crippen LogP contribution in [-0.2, 0) is 22.6 Å². The topological polar surface area (TPSA) is 40.5 Å². The van der Waals surface area contributed by atoms with Crippen LogP contribution in [0.1, 0.15) is 36.8 Å². The zero-order chi connectivity index (χ0) is 11.8. The van der Waals surface area contributed by atoms with Gasteiger partial charge in [0.25, 0.3) is 0 Å². The van der Waals surface area contributed by atoms with Gasteiger partial charge in [-0.15, -0.1) is 0 Å². The Morgan fingerprint density at radius 2 is 2.38 bits per heavy atom. The van der Waals surface area contributed by atoms with Crippen LogP contribution in [0, 0.1) is 0 Å². The van der Waals surface area contributed by atoms with Crippen molar-refractivity contribution in [2.24, 2.45) is 0 Å². The molecule has 1 aliphatic rings. The van der Waals surface area contributed by atoms with E-state index in [1.165, 1.54) is 0 Å². The van der Waals surface area contributed by atoms with E-state index in [0.717, 1.165) is 12.2 Å². The van der Waals surface area contributed by atoms with Crippen LogP contribution < -0.4 is 0 Å². The first-order valence-corrected chi connectivity index (χ1v) is 5.52.